The number of carbonyl (C=O) groups excluding carboxylic acids is 2. The summed E-state index contributed by atoms with van der Waals surface area (Å²) in [4.78, 5) is 29.0. The SMILES string of the molecule is CC[C@H](C)NC(=O)[C@@H](Cc1ccccc1)N(Cc1ccc(C)cc1)C(=O)Cc1ccc(C)cc1. The van der Waals surface area contributed by atoms with Gasteiger partial charge >= 0.3 is 0 Å². The lowest BCUT2D eigenvalue weighted by molar-refractivity contribution is -0.141. The Kier molecular flexibility index (Phi) is 9.03. The second-order valence-corrected chi connectivity index (χ2v) is 9.19. The van der Waals surface area contributed by atoms with Crippen LogP contribution in [0.25, 0.3) is 0 Å². The minimum absolute atomic E-state index is 0.0409. The van der Waals surface area contributed by atoms with Crippen molar-refractivity contribution in [3.05, 3.63) is 107 Å². The Morgan fingerprint density at radius 1 is 0.794 bits per heavy atom. The molecule has 0 aliphatic carbocycles. The van der Waals surface area contributed by atoms with Gasteiger partial charge in [-0.3, -0.25) is 9.59 Å². The van der Waals surface area contributed by atoms with Crippen molar-refractivity contribution in [3.8, 4) is 0 Å². The largest absolute Gasteiger partial charge is 0.352 e. The second-order valence-electron chi connectivity index (χ2n) is 9.19. The Labute approximate surface area is 204 Å². The van der Waals surface area contributed by atoms with Crippen LogP contribution in [0.2, 0.25) is 0 Å². The molecule has 0 aliphatic rings. The van der Waals surface area contributed by atoms with Crippen molar-refractivity contribution in [2.75, 3.05) is 0 Å². The van der Waals surface area contributed by atoms with Gasteiger partial charge in [0.25, 0.3) is 0 Å². The highest BCUT2D eigenvalue weighted by atomic mass is 16.2. The van der Waals surface area contributed by atoms with E-state index < -0.39 is 6.04 Å². The Bertz CT molecular complexity index is 1060. The Morgan fingerprint density at radius 3 is 1.91 bits per heavy atom. The number of nitrogens with one attached hydrogen (secondary N) is 1. The van der Waals surface area contributed by atoms with E-state index in [0.717, 1.165) is 34.2 Å². The van der Waals surface area contributed by atoms with Crippen LogP contribution >= 0.6 is 0 Å². The third-order valence-corrected chi connectivity index (χ3v) is 6.22. The zero-order valence-corrected chi connectivity index (χ0v) is 20.8. The van der Waals surface area contributed by atoms with E-state index in [-0.39, 0.29) is 24.3 Å². The van der Waals surface area contributed by atoms with E-state index in [1.165, 1.54) is 0 Å². The first-order valence-electron chi connectivity index (χ1n) is 12.1. The van der Waals surface area contributed by atoms with E-state index in [1.54, 1.807) is 4.90 Å². The number of benzene rings is 3. The lowest BCUT2D eigenvalue weighted by atomic mass is 10.0. The molecule has 1 N–H and O–H groups in total. The summed E-state index contributed by atoms with van der Waals surface area (Å²) < 4.78 is 0. The zero-order valence-electron chi connectivity index (χ0n) is 20.8. The van der Waals surface area contributed by atoms with Gasteiger partial charge in [-0.15, -0.1) is 0 Å². The lowest BCUT2D eigenvalue weighted by Gasteiger charge is -2.32. The van der Waals surface area contributed by atoms with Gasteiger partial charge in [0.1, 0.15) is 6.04 Å². The predicted octanol–water partition coefficient (Wildman–Crippen LogP) is 5.40. The van der Waals surface area contributed by atoms with Gasteiger partial charge in [-0.1, -0.05) is 96.9 Å². The molecule has 0 saturated heterocycles. The molecule has 0 fully saturated rings. The minimum Gasteiger partial charge on any atom is -0.352 e. The van der Waals surface area contributed by atoms with Crippen LogP contribution in [0.15, 0.2) is 78.9 Å². The Balaban J connectivity index is 1.95. The molecule has 3 rings (SSSR count). The molecule has 3 aromatic rings. The van der Waals surface area contributed by atoms with Gasteiger partial charge in [0.2, 0.25) is 11.8 Å². The molecule has 2 amide bonds. The maximum Gasteiger partial charge on any atom is 0.243 e. The van der Waals surface area contributed by atoms with Crippen LogP contribution < -0.4 is 5.32 Å². The predicted molar refractivity (Wildman–Crippen MR) is 138 cm³/mol. The molecule has 0 heterocycles. The van der Waals surface area contributed by atoms with Gasteiger partial charge in [-0.25, -0.2) is 0 Å². The average Bonchev–Trinajstić information content (AvgIpc) is 2.84. The van der Waals surface area contributed by atoms with E-state index in [0.29, 0.717) is 13.0 Å². The Morgan fingerprint density at radius 2 is 1.35 bits per heavy atom. The molecule has 0 saturated carbocycles. The van der Waals surface area contributed by atoms with Crippen molar-refractivity contribution in [3.63, 3.8) is 0 Å². The molecular formula is C30H36N2O2. The molecule has 2 atom stereocenters. The number of nitrogens with zero attached hydrogens (tertiary/aromatic N) is 1. The number of hydrogen-bond acceptors (Lipinski definition) is 2. The van der Waals surface area contributed by atoms with Crippen LogP contribution in [0.1, 0.15) is 48.1 Å². The second kappa shape index (κ2) is 12.2. The first-order chi connectivity index (χ1) is 16.4. The van der Waals surface area contributed by atoms with E-state index >= 15 is 0 Å². The van der Waals surface area contributed by atoms with Gasteiger partial charge in [0.15, 0.2) is 0 Å². The monoisotopic (exact) mass is 456 g/mol. The lowest BCUT2D eigenvalue weighted by Crippen LogP contribution is -2.52. The maximum absolute atomic E-state index is 13.7. The number of carbonyl (C=O) groups is 2. The molecule has 4 heteroatoms. The fourth-order valence-corrected chi connectivity index (χ4v) is 3.87. The first kappa shape index (κ1) is 25.2. The summed E-state index contributed by atoms with van der Waals surface area (Å²) in [6.07, 6.45) is 1.56. The van der Waals surface area contributed by atoms with Gasteiger partial charge in [0, 0.05) is 19.0 Å². The van der Waals surface area contributed by atoms with Gasteiger partial charge < -0.3 is 10.2 Å². The minimum atomic E-state index is -0.601. The number of rotatable bonds is 10. The summed E-state index contributed by atoms with van der Waals surface area (Å²) in [6.45, 7) is 8.50. The van der Waals surface area contributed by atoms with Crippen LogP contribution in [0, 0.1) is 13.8 Å². The van der Waals surface area contributed by atoms with Crippen LogP contribution in [0.4, 0.5) is 0 Å². The van der Waals surface area contributed by atoms with E-state index in [2.05, 4.69) is 5.32 Å². The summed E-state index contributed by atoms with van der Waals surface area (Å²) in [7, 11) is 0. The third-order valence-electron chi connectivity index (χ3n) is 6.22. The van der Waals surface area contributed by atoms with Crippen LogP contribution in [-0.4, -0.2) is 28.8 Å². The third kappa shape index (κ3) is 7.31. The number of hydrogen-bond donors (Lipinski definition) is 1. The highest BCUT2D eigenvalue weighted by molar-refractivity contribution is 5.89. The quantitative estimate of drug-likeness (QED) is 0.444. The average molecular weight is 457 g/mol. The molecule has 0 bridgehead atoms. The molecule has 0 unspecified atom stereocenters. The summed E-state index contributed by atoms with van der Waals surface area (Å²) in [5, 5.41) is 3.12. The number of aryl methyl sites for hydroxylation is 2. The van der Waals surface area contributed by atoms with E-state index in [9.17, 15) is 9.59 Å². The van der Waals surface area contributed by atoms with Crippen LogP contribution in [0.5, 0.6) is 0 Å². The van der Waals surface area contributed by atoms with Crippen molar-refractivity contribution in [1.82, 2.24) is 10.2 Å². The molecule has 3 aromatic carbocycles. The fourth-order valence-electron chi connectivity index (χ4n) is 3.87. The standard InChI is InChI=1S/C30H36N2O2/c1-5-24(4)31-30(34)28(19-25-9-7-6-8-10-25)32(21-27-17-13-23(3)14-18-27)29(33)20-26-15-11-22(2)12-16-26/h6-18,24,28H,5,19-21H2,1-4H3,(H,31,34)/t24-,28+/m0/s1. The molecule has 0 radical (unpaired) electrons. The molecule has 0 aliphatic heterocycles. The molecule has 0 aromatic heterocycles. The van der Waals surface area contributed by atoms with Crippen molar-refractivity contribution < 1.29 is 9.59 Å². The van der Waals surface area contributed by atoms with Crippen molar-refractivity contribution in [2.24, 2.45) is 0 Å². The van der Waals surface area contributed by atoms with E-state index in [1.807, 2.05) is 107 Å². The van der Waals surface area contributed by atoms with Crippen LogP contribution in [-0.2, 0) is 29.0 Å². The molecule has 178 valence electrons. The van der Waals surface area contributed by atoms with Gasteiger partial charge in [-0.05, 0) is 43.9 Å². The summed E-state index contributed by atoms with van der Waals surface area (Å²) in [5.74, 6) is -0.160. The highest BCUT2D eigenvalue weighted by Crippen LogP contribution is 2.17. The van der Waals surface area contributed by atoms with Crippen molar-refractivity contribution in [2.45, 2.75) is 65.6 Å². The molecular weight excluding hydrogens is 420 g/mol. The Hall–Kier alpha value is -3.40. The zero-order chi connectivity index (χ0) is 24.5. The first-order valence-corrected chi connectivity index (χ1v) is 12.1. The summed E-state index contributed by atoms with van der Waals surface area (Å²) >= 11 is 0. The van der Waals surface area contributed by atoms with Gasteiger partial charge in [0.05, 0.1) is 6.42 Å². The number of amides is 2. The molecule has 4 nitrogen and oxygen atoms in total. The maximum atomic E-state index is 13.7. The molecule has 0 spiro atoms. The topological polar surface area (TPSA) is 49.4 Å². The van der Waals surface area contributed by atoms with Crippen molar-refractivity contribution >= 4 is 11.8 Å². The fraction of sp³-hybridized carbons (Fsp3) is 0.333. The molecule has 34 heavy (non-hydrogen) atoms. The normalized spacial score (nSPS) is 12.6. The van der Waals surface area contributed by atoms with Gasteiger partial charge in [-0.2, -0.15) is 0 Å². The summed E-state index contributed by atoms with van der Waals surface area (Å²) in [5.41, 5.74) is 5.31. The van der Waals surface area contributed by atoms with Crippen molar-refractivity contribution in [1.29, 1.82) is 0 Å². The smallest absolute Gasteiger partial charge is 0.243 e. The van der Waals surface area contributed by atoms with E-state index in [4.69, 9.17) is 0 Å². The van der Waals surface area contributed by atoms with Crippen LogP contribution in [0.3, 0.4) is 0 Å². The summed E-state index contributed by atoms with van der Waals surface area (Å²) in [6, 6.07) is 25.5. The highest BCUT2D eigenvalue weighted by Gasteiger charge is 2.31.